The van der Waals surface area contributed by atoms with Crippen molar-refractivity contribution in [2.45, 2.75) is 84.6 Å². The molecule has 1 aliphatic carbocycles. The quantitative estimate of drug-likeness (QED) is 0.136. The number of nitrogens with zero attached hydrogens (tertiary/aromatic N) is 1. The molecule has 0 radical (unpaired) electrons. The minimum Gasteiger partial charge on any atom is -0.507 e. The lowest BCUT2D eigenvalue weighted by Gasteiger charge is -2.43. The van der Waals surface area contributed by atoms with Crippen molar-refractivity contribution in [2.24, 2.45) is 17.8 Å². The lowest BCUT2D eigenvalue weighted by molar-refractivity contribution is -0.143. The summed E-state index contributed by atoms with van der Waals surface area (Å²) in [6, 6.07) is 4.49. The molecule has 252 valence electrons. The molecule has 0 spiro atoms. The second-order valence-electron chi connectivity index (χ2n) is 12.9. The molecule has 2 aliphatic heterocycles. The van der Waals surface area contributed by atoms with Gasteiger partial charge in [-0.3, -0.25) is 9.59 Å². The van der Waals surface area contributed by atoms with E-state index in [4.69, 9.17) is 4.65 Å². The Balaban J connectivity index is 1.47. The normalized spacial score (nSPS) is 23.9. The fourth-order valence-electron chi connectivity index (χ4n) is 7.41. The summed E-state index contributed by atoms with van der Waals surface area (Å²) in [5.74, 6) is -4.24. The van der Waals surface area contributed by atoms with E-state index in [1.165, 1.54) is 0 Å². The van der Waals surface area contributed by atoms with E-state index < -0.39 is 72.0 Å². The number of carbonyl (C=O) groups excluding carboxylic acids is 2. The third-order valence-electron chi connectivity index (χ3n) is 9.42. The summed E-state index contributed by atoms with van der Waals surface area (Å²) in [6.07, 6.45) is -6.64. The highest BCUT2D eigenvalue weighted by Gasteiger charge is 2.58. The summed E-state index contributed by atoms with van der Waals surface area (Å²) in [6.45, 7) is 7.49. The third kappa shape index (κ3) is 6.87. The fraction of sp³-hybridized carbons (Fsp3) is 0.471. The monoisotopic (exact) mass is 663 g/mol. The molecule has 0 saturated carbocycles. The van der Waals surface area contributed by atoms with Crippen LogP contribution in [0, 0.1) is 31.6 Å². The van der Waals surface area contributed by atoms with Crippen molar-refractivity contribution in [3.05, 3.63) is 74.9 Å². The number of alkyl halides is 6. The Morgan fingerprint density at radius 1 is 0.979 bits per heavy atom. The van der Waals surface area contributed by atoms with E-state index in [1.54, 1.807) is 0 Å². The molecule has 2 N–H and O–H groups in total. The summed E-state index contributed by atoms with van der Waals surface area (Å²) in [4.78, 5) is 28.1. The van der Waals surface area contributed by atoms with E-state index in [0.29, 0.717) is 42.7 Å². The number of benzene rings is 2. The Morgan fingerprint density at radius 3 is 2.13 bits per heavy atom. The van der Waals surface area contributed by atoms with Gasteiger partial charge < -0.3 is 14.8 Å². The predicted molar refractivity (Wildman–Crippen MR) is 164 cm³/mol. The zero-order valence-electron chi connectivity index (χ0n) is 26.4. The number of fused-ring (bicyclic) bond motifs is 3. The summed E-state index contributed by atoms with van der Waals surface area (Å²) < 4.78 is 87.8. The Labute approximate surface area is 269 Å². The molecule has 2 saturated heterocycles. The number of aromatic hydroxyl groups is 1. The van der Waals surface area contributed by atoms with Gasteiger partial charge in [0.25, 0.3) is 0 Å². The molecular formula is C34H36BF6NO5. The van der Waals surface area contributed by atoms with Gasteiger partial charge in [0.05, 0.1) is 34.8 Å². The van der Waals surface area contributed by atoms with Crippen molar-refractivity contribution < 1.29 is 50.7 Å². The summed E-state index contributed by atoms with van der Waals surface area (Å²) in [5.41, 5.74) is 1.00. The van der Waals surface area contributed by atoms with Crippen LogP contribution in [-0.2, 0) is 26.6 Å². The van der Waals surface area contributed by atoms with E-state index in [9.17, 15) is 46.1 Å². The van der Waals surface area contributed by atoms with Gasteiger partial charge >= 0.3 is 19.5 Å². The first-order chi connectivity index (χ1) is 21.9. The van der Waals surface area contributed by atoms with Crippen LogP contribution in [-0.4, -0.2) is 35.2 Å². The van der Waals surface area contributed by atoms with Crippen molar-refractivity contribution in [2.75, 3.05) is 4.90 Å². The van der Waals surface area contributed by atoms with Crippen molar-refractivity contribution in [1.29, 1.82) is 0 Å². The molecular weight excluding hydrogens is 627 g/mol. The first kappa shape index (κ1) is 34.8. The minimum absolute atomic E-state index is 0.0374. The maximum absolute atomic E-state index is 13.9. The van der Waals surface area contributed by atoms with Crippen molar-refractivity contribution in [3.8, 4) is 5.75 Å². The zero-order chi connectivity index (χ0) is 34.6. The van der Waals surface area contributed by atoms with E-state index in [1.807, 2.05) is 45.9 Å². The molecule has 2 aromatic carbocycles. The molecule has 13 heteroatoms. The lowest BCUT2D eigenvalue weighted by Crippen LogP contribution is -2.46. The number of halogens is 6. The van der Waals surface area contributed by atoms with Crippen molar-refractivity contribution >= 4 is 30.7 Å². The van der Waals surface area contributed by atoms with Crippen LogP contribution in [0.4, 0.5) is 32.0 Å². The van der Waals surface area contributed by atoms with Crippen molar-refractivity contribution in [3.63, 3.8) is 0 Å². The smallest absolute Gasteiger partial charge is 0.455 e. The van der Waals surface area contributed by atoms with Gasteiger partial charge in [0.2, 0.25) is 11.8 Å². The van der Waals surface area contributed by atoms with E-state index >= 15 is 0 Å². The summed E-state index contributed by atoms with van der Waals surface area (Å²) in [5, 5.41) is 20.9. The Kier molecular flexibility index (Phi) is 9.46. The molecule has 0 unspecified atom stereocenters. The van der Waals surface area contributed by atoms with Crippen LogP contribution in [0.5, 0.6) is 5.75 Å². The molecule has 5 rings (SSSR count). The summed E-state index contributed by atoms with van der Waals surface area (Å²) >= 11 is 0. The van der Waals surface area contributed by atoms with Gasteiger partial charge in [-0.15, -0.1) is 0 Å². The Bertz CT molecular complexity index is 1590. The molecule has 2 aromatic rings. The van der Waals surface area contributed by atoms with Crippen LogP contribution in [0.15, 0.2) is 47.1 Å². The topological polar surface area (TPSA) is 87.1 Å². The number of phenolic OH excluding ortho intramolecular Hbond substituents is 1. The molecule has 2 fully saturated rings. The van der Waals surface area contributed by atoms with E-state index in [0.717, 1.165) is 33.4 Å². The van der Waals surface area contributed by atoms with E-state index in [2.05, 4.69) is 0 Å². The Hall–Kier alpha value is -3.58. The van der Waals surface area contributed by atoms with Gasteiger partial charge in [0.1, 0.15) is 5.75 Å². The molecule has 4 atom stereocenters. The average Bonchev–Trinajstić information content (AvgIpc) is 3.22. The standard InChI is InChI=1S/C34H36BF6NO5/c1-5-6-21-12-25-29(32(45)42(31(25)44)24-14-22(33(36,37)38)13-23(15-24)34(39,40)41)26-16-35(46)47-27(28(21)26)8-7-17(2)9-20-10-18(3)30(43)19(4)11-20/h9-11,13-15,25-27,29,43,46H,5-8,12,16H2,1-4H3/b17-9+/t25-,26+,27-,29-/m1/s1. The lowest BCUT2D eigenvalue weighted by atomic mass is 9.58. The third-order valence-corrected chi connectivity index (χ3v) is 9.42. The van der Waals surface area contributed by atoms with Crippen LogP contribution >= 0.6 is 0 Å². The van der Waals surface area contributed by atoms with Gasteiger partial charge in [-0.2, -0.15) is 26.3 Å². The first-order valence-corrected chi connectivity index (χ1v) is 15.6. The molecule has 6 nitrogen and oxygen atoms in total. The molecule has 47 heavy (non-hydrogen) atoms. The second kappa shape index (κ2) is 12.8. The van der Waals surface area contributed by atoms with Gasteiger partial charge in [0.15, 0.2) is 0 Å². The number of anilines is 1. The number of amides is 2. The van der Waals surface area contributed by atoms with Gasteiger partial charge in [0, 0.05) is 0 Å². The van der Waals surface area contributed by atoms with Crippen LogP contribution in [0.3, 0.4) is 0 Å². The number of phenols is 1. The maximum atomic E-state index is 13.9. The average molecular weight is 663 g/mol. The Morgan fingerprint density at radius 2 is 1.57 bits per heavy atom. The first-order valence-electron chi connectivity index (χ1n) is 15.6. The number of allylic oxidation sites excluding steroid dienone is 2. The van der Waals surface area contributed by atoms with Gasteiger partial charge in [-0.05, 0) is 111 Å². The number of carbonyl (C=O) groups is 2. The minimum atomic E-state index is -5.15. The highest BCUT2D eigenvalue weighted by Crippen LogP contribution is 2.52. The van der Waals surface area contributed by atoms with Crippen LogP contribution in [0.1, 0.15) is 73.8 Å². The number of aryl methyl sites for hydroxylation is 2. The van der Waals surface area contributed by atoms with Crippen molar-refractivity contribution in [1.82, 2.24) is 0 Å². The van der Waals surface area contributed by atoms with Crippen LogP contribution in [0.25, 0.3) is 6.08 Å². The van der Waals surface area contributed by atoms with Gasteiger partial charge in [-0.1, -0.05) is 30.6 Å². The van der Waals surface area contributed by atoms with Crippen LogP contribution < -0.4 is 4.90 Å². The SMILES string of the molecule is CCCC1=C2[C@@H](CC/C(C)=C/c3cc(C)c(O)c(C)c3)OB(O)C[C@@H]2[C@@H]2C(=O)N(c3cc(C(F)(F)F)cc(C(F)(F)F)c3)C(=O)[C@@H]2C1. The van der Waals surface area contributed by atoms with E-state index in [-0.39, 0.29) is 24.6 Å². The predicted octanol–water partition coefficient (Wildman–Crippen LogP) is 8.03. The summed E-state index contributed by atoms with van der Waals surface area (Å²) in [7, 11) is -1.29. The second-order valence-corrected chi connectivity index (χ2v) is 12.9. The number of hydrogen-bond acceptors (Lipinski definition) is 5. The van der Waals surface area contributed by atoms with Crippen LogP contribution in [0.2, 0.25) is 6.32 Å². The fourth-order valence-corrected chi connectivity index (χ4v) is 7.41. The molecule has 3 aliphatic rings. The largest absolute Gasteiger partial charge is 0.507 e. The van der Waals surface area contributed by atoms with Gasteiger partial charge in [-0.25, -0.2) is 4.90 Å². The maximum Gasteiger partial charge on any atom is 0.455 e. The molecule has 2 amide bonds. The number of rotatable bonds is 7. The molecule has 0 aromatic heterocycles. The highest BCUT2D eigenvalue weighted by molar-refractivity contribution is 6.43. The molecule has 2 heterocycles. The highest BCUT2D eigenvalue weighted by atomic mass is 19.4. The number of hydrogen-bond donors (Lipinski definition) is 2. The molecule has 0 bridgehead atoms. The number of imide groups is 1. The zero-order valence-corrected chi connectivity index (χ0v) is 26.4.